The average Bonchev–Trinajstić information content (AvgIpc) is 2.85. The van der Waals surface area contributed by atoms with Crippen molar-refractivity contribution < 1.29 is 0 Å². The maximum Gasteiger partial charge on any atom is 0.229 e. The second-order valence-corrected chi connectivity index (χ2v) is 5.48. The van der Waals surface area contributed by atoms with Gasteiger partial charge in [-0.05, 0) is 39.8 Å². The van der Waals surface area contributed by atoms with E-state index in [1.807, 2.05) is 20.0 Å². The van der Waals surface area contributed by atoms with E-state index in [0.29, 0.717) is 17.8 Å². The summed E-state index contributed by atoms with van der Waals surface area (Å²) in [4.78, 5) is 8.49. The molecule has 0 unspecified atom stereocenters. The molecular weight excluding hydrogens is 266 g/mol. The van der Waals surface area contributed by atoms with Crippen molar-refractivity contribution in [2.75, 3.05) is 24.1 Å². The summed E-state index contributed by atoms with van der Waals surface area (Å²) < 4.78 is 2.05. The summed E-state index contributed by atoms with van der Waals surface area (Å²) in [7, 11) is 0. The number of hydrogen-bond donors (Lipinski definition) is 3. The van der Waals surface area contributed by atoms with Crippen LogP contribution in [0.15, 0.2) is 12.4 Å². The van der Waals surface area contributed by atoms with Crippen LogP contribution in [0, 0.1) is 13.8 Å². The van der Waals surface area contributed by atoms with Crippen molar-refractivity contribution in [3.8, 4) is 0 Å². The topological polar surface area (TPSA) is 93.7 Å². The standard InChI is InChI=1S/C14H21N7/c1-9-7-17-14(19-13(9)15)18-12-8-21(20-10(12)2)11-3-5-16-6-4-11/h7-8,11,16H,3-6H2,1-2H3,(H3,15,17,18,19). The molecule has 112 valence electrons. The molecule has 3 rings (SSSR count). The molecule has 0 radical (unpaired) electrons. The average molecular weight is 287 g/mol. The number of anilines is 3. The highest BCUT2D eigenvalue weighted by molar-refractivity contribution is 5.56. The number of nitrogens with zero attached hydrogens (tertiary/aromatic N) is 4. The van der Waals surface area contributed by atoms with E-state index in [9.17, 15) is 0 Å². The van der Waals surface area contributed by atoms with Crippen molar-refractivity contribution >= 4 is 17.5 Å². The number of piperidine rings is 1. The lowest BCUT2D eigenvalue weighted by Crippen LogP contribution is -2.29. The zero-order valence-corrected chi connectivity index (χ0v) is 12.4. The van der Waals surface area contributed by atoms with E-state index in [1.54, 1.807) is 6.20 Å². The minimum atomic E-state index is 0.463. The number of nitrogen functional groups attached to an aromatic ring is 1. The predicted octanol–water partition coefficient (Wildman–Crippen LogP) is 1.54. The van der Waals surface area contributed by atoms with Crippen LogP contribution >= 0.6 is 0 Å². The van der Waals surface area contributed by atoms with E-state index in [4.69, 9.17) is 5.73 Å². The van der Waals surface area contributed by atoms with Gasteiger partial charge in [0.1, 0.15) is 5.82 Å². The van der Waals surface area contributed by atoms with E-state index in [1.165, 1.54) is 0 Å². The fraction of sp³-hybridized carbons (Fsp3) is 0.500. The normalized spacial score (nSPS) is 16.1. The third-order valence-corrected chi connectivity index (χ3v) is 3.86. The molecule has 3 heterocycles. The van der Waals surface area contributed by atoms with Gasteiger partial charge in [-0.3, -0.25) is 4.68 Å². The Kier molecular flexibility index (Phi) is 3.74. The van der Waals surface area contributed by atoms with Gasteiger partial charge >= 0.3 is 0 Å². The van der Waals surface area contributed by atoms with Crippen LogP contribution in [0.25, 0.3) is 0 Å². The van der Waals surface area contributed by atoms with E-state index < -0.39 is 0 Å². The van der Waals surface area contributed by atoms with Crippen molar-refractivity contribution in [1.82, 2.24) is 25.1 Å². The number of aromatic nitrogens is 4. The number of nitrogens with one attached hydrogen (secondary N) is 2. The molecule has 7 heteroatoms. The SMILES string of the molecule is Cc1cnc(Nc2cn(C3CCNCC3)nc2C)nc1N. The van der Waals surface area contributed by atoms with Crippen molar-refractivity contribution in [2.24, 2.45) is 0 Å². The van der Waals surface area contributed by atoms with E-state index >= 15 is 0 Å². The molecule has 0 saturated carbocycles. The number of hydrogen-bond acceptors (Lipinski definition) is 6. The Morgan fingerprint density at radius 1 is 1.33 bits per heavy atom. The molecule has 2 aromatic rings. The summed E-state index contributed by atoms with van der Waals surface area (Å²) >= 11 is 0. The Balaban J connectivity index is 1.79. The molecule has 0 bridgehead atoms. The number of rotatable bonds is 3. The van der Waals surface area contributed by atoms with Crippen LogP contribution in [0.2, 0.25) is 0 Å². The number of nitrogens with two attached hydrogens (primary N) is 1. The summed E-state index contributed by atoms with van der Waals surface area (Å²) in [6, 6.07) is 0.463. The largest absolute Gasteiger partial charge is 0.383 e. The first-order chi connectivity index (χ1) is 10.1. The Morgan fingerprint density at radius 3 is 2.81 bits per heavy atom. The lowest BCUT2D eigenvalue weighted by atomic mass is 10.1. The molecule has 0 atom stereocenters. The smallest absolute Gasteiger partial charge is 0.229 e. The van der Waals surface area contributed by atoms with Gasteiger partial charge in [0.05, 0.1) is 17.4 Å². The quantitative estimate of drug-likeness (QED) is 0.793. The second kappa shape index (κ2) is 5.69. The van der Waals surface area contributed by atoms with Crippen molar-refractivity contribution in [2.45, 2.75) is 32.7 Å². The zero-order valence-electron chi connectivity index (χ0n) is 12.4. The predicted molar refractivity (Wildman–Crippen MR) is 82.6 cm³/mol. The van der Waals surface area contributed by atoms with Gasteiger partial charge < -0.3 is 16.4 Å². The summed E-state index contributed by atoms with van der Waals surface area (Å²) in [5.41, 5.74) is 8.56. The fourth-order valence-corrected chi connectivity index (χ4v) is 2.50. The third kappa shape index (κ3) is 2.97. The Morgan fingerprint density at radius 2 is 2.10 bits per heavy atom. The number of aryl methyl sites for hydroxylation is 2. The van der Waals surface area contributed by atoms with Crippen LogP contribution in [0.5, 0.6) is 0 Å². The summed E-state index contributed by atoms with van der Waals surface area (Å²) in [5.74, 6) is 1.00. The summed E-state index contributed by atoms with van der Waals surface area (Å²) in [6.45, 7) is 5.96. The van der Waals surface area contributed by atoms with Crippen LogP contribution < -0.4 is 16.4 Å². The molecule has 0 amide bonds. The van der Waals surface area contributed by atoms with Gasteiger partial charge in [-0.2, -0.15) is 10.1 Å². The first-order valence-electron chi connectivity index (χ1n) is 7.26. The molecule has 0 aromatic carbocycles. The highest BCUT2D eigenvalue weighted by Gasteiger charge is 2.17. The Labute approximate surface area is 124 Å². The van der Waals surface area contributed by atoms with Gasteiger partial charge in [-0.15, -0.1) is 0 Å². The van der Waals surface area contributed by atoms with Gasteiger partial charge in [0.15, 0.2) is 0 Å². The zero-order chi connectivity index (χ0) is 14.8. The molecule has 0 spiro atoms. The maximum atomic E-state index is 5.82. The maximum absolute atomic E-state index is 5.82. The lowest BCUT2D eigenvalue weighted by molar-refractivity contribution is 0.342. The highest BCUT2D eigenvalue weighted by Crippen LogP contribution is 2.23. The summed E-state index contributed by atoms with van der Waals surface area (Å²) in [5, 5.41) is 11.2. The molecule has 21 heavy (non-hydrogen) atoms. The molecule has 1 saturated heterocycles. The van der Waals surface area contributed by atoms with E-state index in [2.05, 4.69) is 30.4 Å². The van der Waals surface area contributed by atoms with Gasteiger partial charge in [0.25, 0.3) is 0 Å². The molecule has 1 fully saturated rings. The van der Waals surface area contributed by atoms with Gasteiger partial charge in [-0.25, -0.2) is 4.98 Å². The van der Waals surface area contributed by atoms with Crippen molar-refractivity contribution in [3.05, 3.63) is 23.7 Å². The first kappa shape index (κ1) is 13.8. The third-order valence-electron chi connectivity index (χ3n) is 3.86. The van der Waals surface area contributed by atoms with E-state index in [-0.39, 0.29) is 0 Å². The van der Waals surface area contributed by atoms with Gasteiger partial charge in [-0.1, -0.05) is 0 Å². The monoisotopic (exact) mass is 287 g/mol. The minimum Gasteiger partial charge on any atom is -0.383 e. The fourth-order valence-electron chi connectivity index (χ4n) is 2.50. The van der Waals surface area contributed by atoms with Gasteiger partial charge in [0, 0.05) is 18.0 Å². The molecule has 0 aliphatic carbocycles. The van der Waals surface area contributed by atoms with Crippen molar-refractivity contribution in [1.29, 1.82) is 0 Å². The van der Waals surface area contributed by atoms with Crippen LogP contribution in [0.4, 0.5) is 17.5 Å². The van der Waals surface area contributed by atoms with Crippen LogP contribution in [-0.4, -0.2) is 32.8 Å². The minimum absolute atomic E-state index is 0.463. The van der Waals surface area contributed by atoms with Crippen LogP contribution in [-0.2, 0) is 0 Å². The molecule has 1 aliphatic rings. The lowest BCUT2D eigenvalue weighted by Gasteiger charge is -2.22. The molecular formula is C14H21N7. The molecule has 2 aromatic heterocycles. The second-order valence-electron chi connectivity index (χ2n) is 5.48. The molecule has 4 N–H and O–H groups in total. The Hall–Kier alpha value is -2.15. The van der Waals surface area contributed by atoms with Gasteiger partial charge in [0.2, 0.25) is 5.95 Å². The summed E-state index contributed by atoms with van der Waals surface area (Å²) in [6.07, 6.45) is 5.96. The Bertz CT molecular complexity index is 628. The van der Waals surface area contributed by atoms with Crippen molar-refractivity contribution in [3.63, 3.8) is 0 Å². The first-order valence-corrected chi connectivity index (χ1v) is 7.26. The molecule has 1 aliphatic heterocycles. The highest BCUT2D eigenvalue weighted by atomic mass is 15.3. The van der Waals surface area contributed by atoms with Crippen LogP contribution in [0.1, 0.15) is 30.1 Å². The van der Waals surface area contributed by atoms with E-state index in [0.717, 1.165) is 42.9 Å². The van der Waals surface area contributed by atoms with Crippen LogP contribution in [0.3, 0.4) is 0 Å². The molecule has 7 nitrogen and oxygen atoms in total.